The van der Waals surface area contributed by atoms with Crippen LogP contribution in [0.3, 0.4) is 0 Å². The van der Waals surface area contributed by atoms with Crippen LogP contribution in [-0.4, -0.2) is 29.0 Å². The third kappa shape index (κ3) is 6.10. The summed E-state index contributed by atoms with van der Waals surface area (Å²) in [5.74, 6) is 1.06. The topological polar surface area (TPSA) is 98.5 Å². The van der Waals surface area contributed by atoms with Crippen molar-refractivity contribution in [1.82, 2.24) is 0 Å². The molecule has 0 saturated heterocycles. The van der Waals surface area contributed by atoms with Crippen LogP contribution in [0.25, 0.3) is 0 Å². The molecule has 0 aromatic heterocycles. The van der Waals surface area contributed by atoms with Crippen LogP contribution in [0.5, 0.6) is 5.75 Å². The highest BCUT2D eigenvalue weighted by atomic mass is 32.2. The van der Waals surface area contributed by atoms with E-state index in [9.17, 15) is 19.7 Å². The molecule has 0 aliphatic carbocycles. The number of carbonyl (C=O) groups excluding carboxylic acids is 2. The Morgan fingerprint density at radius 2 is 2.00 bits per heavy atom. The van der Waals surface area contributed by atoms with Crippen molar-refractivity contribution in [1.29, 1.82) is 0 Å². The molecule has 0 unspecified atom stereocenters. The lowest BCUT2D eigenvalue weighted by Gasteiger charge is -2.11. The molecular weight excluding hydrogens is 368 g/mol. The van der Waals surface area contributed by atoms with E-state index in [0.29, 0.717) is 29.4 Å². The van der Waals surface area contributed by atoms with E-state index >= 15 is 0 Å². The van der Waals surface area contributed by atoms with Gasteiger partial charge in [0, 0.05) is 34.7 Å². The molecule has 0 bridgehead atoms. The minimum absolute atomic E-state index is 0.0345. The van der Waals surface area contributed by atoms with Crippen LogP contribution < -0.4 is 10.1 Å². The van der Waals surface area contributed by atoms with Gasteiger partial charge in [0.2, 0.25) is 5.91 Å². The summed E-state index contributed by atoms with van der Waals surface area (Å²) < 4.78 is 5.57. The lowest BCUT2D eigenvalue weighted by molar-refractivity contribution is -0.384. The fourth-order valence-corrected chi connectivity index (χ4v) is 3.16. The highest BCUT2D eigenvalue weighted by Gasteiger charge is 2.11. The molecule has 0 atom stereocenters. The zero-order chi connectivity index (χ0) is 19.8. The normalized spacial score (nSPS) is 10.3. The molecule has 7 nitrogen and oxygen atoms in total. The molecule has 1 amide bonds. The summed E-state index contributed by atoms with van der Waals surface area (Å²) in [6.07, 6.45) is 0. The fraction of sp³-hybridized carbons (Fsp3) is 0.263. The van der Waals surface area contributed by atoms with Crippen molar-refractivity contribution >= 4 is 34.8 Å². The maximum Gasteiger partial charge on any atom is 0.271 e. The molecule has 0 heterocycles. The fourth-order valence-electron chi connectivity index (χ4n) is 2.36. The van der Waals surface area contributed by atoms with E-state index in [1.54, 1.807) is 24.3 Å². The number of nitro groups is 1. The molecule has 2 rings (SSSR count). The van der Waals surface area contributed by atoms with Crippen molar-refractivity contribution in [2.75, 3.05) is 17.7 Å². The van der Waals surface area contributed by atoms with E-state index in [1.165, 1.54) is 36.9 Å². The molecule has 1 N–H and O–H groups in total. The predicted octanol–water partition coefficient (Wildman–Crippen LogP) is 4.07. The largest absolute Gasteiger partial charge is 0.494 e. The quantitative estimate of drug-likeness (QED) is 0.395. The van der Waals surface area contributed by atoms with Crippen LogP contribution in [0.1, 0.15) is 29.8 Å². The molecule has 142 valence electrons. The smallest absolute Gasteiger partial charge is 0.271 e. The van der Waals surface area contributed by atoms with E-state index in [-0.39, 0.29) is 23.1 Å². The molecule has 0 aliphatic heterocycles. The number of Topliss-reactive ketones (excluding diaryl/α,β-unsaturated/α-hetero) is 1. The van der Waals surface area contributed by atoms with E-state index in [4.69, 9.17) is 4.74 Å². The van der Waals surface area contributed by atoms with Gasteiger partial charge < -0.3 is 10.1 Å². The Bertz CT molecular complexity index is 854. The lowest BCUT2D eigenvalue weighted by atomic mass is 10.1. The maximum absolute atomic E-state index is 12.1. The number of carbonyl (C=O) groups is 2. The van der Waals surface area contributed by atoms with Crippen LogP contribution in [0.2, 0.25) is 0 Å². The molecule has 0 radical (unpaired) electrons. The van der Waals surface area contributed by atoms with Crippen LogP contribution >= 0.6 is 11.8 Å². The highest BCUT2D eigenvalue weighted by Crippen LogP contribution is 2.25. The molecule has 0 spiro atoms. The lowest BCUT2D eigenvalue weighted by Crippen LogP contribution is -2.14. The van der Waals surface area contributed by atoms with Crippen molar-refractivity contribution in [3.8, 4) is 5.75 Å². The third-order valence-corrected chi connectivity index (χ3v) is 4.58. The minimum Gasteiger partial charge on any atom is -0.494 e. The number of hydrogen-bond acceptors (Lipinski definition) is 6. The van der Waals surface area contributed by atoms with Gasteiger partial charge in [0.05, 0.1) is 17.3 Å². The van der Waals surface area contributed by atoms with E-state index in [2.05, 4.69) is 5.32 Å². The predicted molar refractivity (Wildman–Crippen MR) is 106 cm³/mol. The number of ketones is 1. The van der Waals surface area contributed by atoms with Gasteiger partial charge in [-0.25, -0.2) is 0 Å². The standard InChI is InChI=1S/C19H20N2O5S/c1-3-26-18-8-7-14(13(2)22)9-15(18)11-27-12-19(23)20-16-5-4-6-17(10-16)21(24)25/h4-10H,3,11-12H2,1-2H3,(H,20,23). The summed E-state index contributed by atoms with van der Waals surface area (Å²) >= 11 is 1.37. The second kappa shape index (κ2) is 9.72. The van der Waals surface area contributed by atoms with E-state index in [1.807, 2.05) is 6.92 Å². The molecule has 0 aliphatic rings. The Morgan fingerprint density at radius 1 is 1.22 bits per heavy atom. The summed E-state index contributed by atoms with van der Waals surface area (Å²) in [7, 11) is 0. The van der Waals surface area contributed by atoms with Gasteiger partial charge in [-0.05, 0) is 38.1 Å². The van der Waals surface area contributed by atoms with Crippen LogP contribution in [0.4, 0.5) is 11.4 Å². The van der Waals surface area contributed by atoms with Crippen molar-refractivity contribution < 1.29 is 19.2 Å². The van der Waals surface area contributed by atoms with Gasteiger partial charge in [0.25, 0.3) is 5.69 Å². The van der Waals surface area contributed by atoms with Crippen molar-refractivity contribution in [3.05, 3.63) is 63.7 Å². The maximum atomic E-state index is 12.1. The van der Waals surface area contributed by atoms with Crippen LogP contribution in [0, 0.1) is 10.1 Å². The van der Waals surface area contributed by atoms with Gasteiger partial charge in [-0.15, -0.1) is 11.8 Å². The van der Waals surface area contributed by atoms with Gasteiger partial charge in [0.1, 0.15) is 5.75 Å². The molecule has 2 aromatic rings. The number of hydrogen-bond donors (Lipinski definition) is 1. The summed E-state index contributed by atoms with van der Waals surface area (Å²) in [5, 5.41) is 13.4. The van der Waals surface area contributed by atoms with Crippen molar-refractivity contribution in [3.63, 3.8) is 0 Å². The number of ether oxygens (including phenoxy) is 1. The van der Waals surface area contributed by atoms with Crippen LogP contribution in [0.15, 0.2) is 42.5 Å². The first-order chi connectivity index (χ1) is 12.9. The number of thioether (sulfide) groups is 1. The average molecular weight is 388 g/mol. The Morgan fingerprint density at radius 3 is 2.67 bits per heavy atom. The molecule has 0 saturated carbocycles. The van der Waals surface area contributed by atoms with Gasteiger partial charge >= 0.3 is 0 Å². The first-order valence-corrected chi connectivity index (χ1v) is 9.45. The second-order valence-electron chi connectivity index (χ2n) is 5.66. The molecule has 8 heteroatoms. The minimum atomic E-state index is -0.512. The Hall–Kier alpha value is -2.87. The van der Waals surface area contributed by atoms with Crippen molar-refractivity contribution in [2.45, 2.75) is 19.6 Å². The first-order valence-electron chi connectivity index (χ1n) is 8.29. The highest BCUT2D eigenvalue weighted by molar-refractivity contribution is 7.99. The zero-order valence-electron chi connectivity index (χ0n) is 15.1. The SMILES string of the molecule is CCOc1ccc(C(C)=O)cc1CSCC(=O)Nc1cccc([N+](=O)[O-])c1. The summed E-state index contributed by atoms with van der Waals surface area (Å²) in [5.41, 5.74) is 1.74. The monoisotopic (exact) mass is 388 g/mol. The van der Waals surface area contributed by atoms with Gasteiger partial charge in [-0.2, -0.15) is 0 Å². The van der Waals surface area contributed by atoms with Gasteiger partial charge in [-0.1, -0.05) is 6.07 Å². The molecule has 27 heavy (non-hydrogen) atoms. The third-order valence-electron chi connectivity index (χ3n) is 3.60. The average Bonchev–Trinajstić information content (AvgIpc) is 2.63. The Balaban J connectivity index is 1.96. The Labute approximate surface area is 161 Å². The summed E-state index contributed by atoms with van der Waals surface area (Å²) in [6.45, 7) is 3.88. The number of nitrogens with zero attached hydrogens (tertiary/aromatic N) is 1. The summed E-state index contributed by atoms with van der Waals surface area (Å²) in [6, 6.07) is 11.0. The number of anilines is 1. The molecular formula is C19H20N2O5S. The first kappa shape index (κ1) is 20.4. The number of benzene rings is 2. The number of non-ortho nitro benzene ring substituents is 1. The van der Waals surface area contributed by atoms with E-state index < -0.39 is 4.92 Å². The molecule has 2 aromatic carbocycles. The number of nitrogens with one attached hydrogen (secondary N) is 1. The number of nitro benzene ring substituents is 1. The van der Waals surface area contributed by atoms with E-state index in [0.717, 1.165) is 5.56 Å². The molecule has 0 fully saturated rings. The van der Waals surface area contributed by atoms with Crippen molar-refractivity contribution in [2.24, 2.45) is 0 Å². The zero-order valence-corrected chi connectivity index (χ0v) is 15.9. The van der Waals surface area contributed by atoms with Crippen LogP contribution in [-0.2, 0) is 10.5 Å². The second-order valence-corrected chi connectivity index (χ2v) is 6.65. The summed E-state index contributed by atoms with van der Waals surface area (Å²) in [4.78, 5) is 33.9. The van der Waals surface area contributed by atoms with Gasteiger partial charge in [0.15, 0.2) is 5.78 Å². The van der Waals surface area contributed by atoms with Gasteiger partial charge in [-0.3, -0.25) is 19.7 Å². The Kier molecular flexibility index (Phi) is 7.36. The number of amides is 1. The number of rotatable bonds is 9.